The molecule has 1 aromatic heterocycles. The molecule has 2 aromatic carbocycles. The van der Waals surface area contributed by atoms with Gasteiger partial charge in [-0.2, -0.15) is 4.98 Å². The van der Waals surface area contributed by atoms with Crippen LogP contribution in [0.25, 0.3) is 0 Å². The molecule has 0 aliphatic carbocycles. The van der Waals surface area contributed by atoms with E-state index in [4.69, 9.17) is 0 Å². The molecule has 218 valence electrons. The van der Waals surface area contributed by atoms with Crippen LogP contribution in [0, 0.1) is 15.9 Å². The summed E-state index contributed by atoms with van der Waals surface area (Å²) in [5.41, 5.74) is 1.47. The number of anilines is 5. The molecule has 2 saturated heterocycles. The number of rotatable bonds is 8. The molecule has 0 saturated carbocycles. The molecule has 0 radical (unpaired) electrons. The molecule has 11 nitrogen and oxygen atoms in total. The fourth-order valence-corrected chi connectivity index (χ4v) is 6.65. The second-order valence-electron chi connectivity index (χ2n) is 11.0. The van der Waals surface area contributed by atoms with Crippen LogP contribution < -0.4 is 20.8 Å². The van der Waals surface area contributed by atoms with E-state index >= 15 is 0 Å². The molecule has 2 fully saturated rings. The number of hydrogen-bond donors (Lipinski definition) is 2. The predicted molar refractivity (Wildman–Crippen MR) is 161 cm³/mol. The van der Waals surface area contributed by atoms with Crippen LogP contribution in [0.3, 0.4) is 0 Å². The van der Waals surface area contributed by atoms with Crippen LogP contribution in [-0.4, -0.2) is 90.4 Å². The third-order valence-electron chi connectivity index (χ3n) is 7.77. The van der Waals surface area contributed by atoms with E-state index in [-0.39, 0.29) is 22.4 Å². The van der Waals surface area contributed by atoms with Crippen molar-refractivity contribution in [1.29, 1.82) is 0 Å². The average molecular weight is 583 g/mol. The first kappa shape index (κ1) is 28.9. The van der Waals surface area contributed by atoms with Crippen molar-refractivity contribution in [1.82, 2.24) is 19.8 Å². The molecule has 0 bridgehead atoms. The van der Waals surface area contributed by atoms with Gasteiger partial charge in [-0.25, -0.2) is 9.37 Å². The number of hydrogen-bond acceptors (Lipinski definition) is 10. The molecule has 5 rings (SSSR count). The molecule has 2 N–H and O–H groups in total. The minimum Gasteiger partial charge on any atom is -0.366 e. The van der Waals surface area contributed by atoms with Crippen LogP contribution in [0.1, 0.15) is 12.8 Å². The first-order valence-electron chi connectivity index (χ1n) is 13.8. The lowest BCUT2D eigenvalue weighted by Crippen LogP contribution is -2.52. The molecule has 2 aliphatic heterocycles. The number of nitro groups is 1. The lowest BCUT2D eigenvalue weighted by molar-refractivity contribution is -0.384. The molecule has 2 aliphatic rings. The Hall–Kier alpha value is -3.60. The summed E-state index contributed by atoms with van der Waals surface area (Å²) in [5.74, 6) is -0.718. The topological polar surface area (TPSA) is 120 Å². The van der Waals surface area contributed by atoms with Crippen molar-refractivity contribution in [3.05, 3.63) is 64.6 Å². The molecule has 3 heterocycles. The summed E-state index contributed by atoms with van der Waals surface area (Å²) in [6, 6.07) is 12.4. The Bertz CT molecular complexity index is 1450. The van der Waals surface area contributed by atoms with Crippen molar-refractivity contribution >= 4 is 47.0 Å². The standard InChI is InChI=1S/C28H36FN8O3P/c1-34-14-16-35(17-15-34)21-10-12-36(13-11-21)24-9-8-20(18-25(24)37(38)39)31-28-30-19-22(29)27(33-28)32-23-6-4-5-7-26(23)41(2,3)40/h4-9,18-19,21H,10-17H2,1-3H3,(H2,30,31,32,33). The minimum atomic E-state index is -2.64. The first-order valence-corrected chi connectivity index (χ1v) is 16.4. The fraction of sp³-hybridized carbons (Fsp3) is 0.429. The van der Waals surface area contributed by atoms with Crippen molar-refractivity contribution in [2.75, 3.05) is 75.2 Å². The Morgan fingerprint density at radius 3 is 2.41 bits per heavy atom. The van der Waals surface area contributed by atoms with E-state index in [1.807, 2.05) is 0 Å². The number of halogens is 1. The molecule has 0 amide bonds. The van der Waals surface area contributed by atoms with Crippen LogP contribution in [-0.2, 0) is 4.57 Å². The maximum atomic E-state index is 14.6. The zero-order chi connectivity index (χ0) is 29.1. The van der Waals surface area contributed by atoms with Crippen LogP contribution in [0.5, 0.6) is 0 Å². The van der Waals surface area contributed by atoms with Crippen molar-refractivity contribution in [3.63, 3.8) is 0 Å². The molecule has 0 spiro atoms. The molecule has 41 heavy (non-hydrogen) atoms. The van der Waals surface area contributed by atoms with E-state index in [1.165, 1.54) is 6.07 Å². The van der Waals surface area contributed by atoms with Gasteiger partial charge in [0.2, 0.25) is 5.95 Å². The van der Waals surface area contributed by atoms with Crippen molar-refractivity contribution in [2.45, 2.75) is 18.9 Å². The highest BCUT2D eigenvalue weighted by Crippen LogP contribution is 2.38. The van der Waals surface area contributed by atoms with Crippen LogP contribution in [0.15, 0.2) is 48.7 Å². The quantitative estimate of drug-likeness (QED) is 0.224. The number of nitrogens with one attached hydrogen (secondary N) is 2. The second-order valence-corrected chi connectivity index (χ2v) is 14.2. The maximum Gasteiger partial charge on any atom is 0.294 e. The lowest BCUT2D eigenvalue weighted by atomic mass is 10.0. The van der Waals surface area contributed by atoms with Crippen LogP contribution in [0.4, 0.5) is 38.9 Å². The maximum absolute atomic E-state index is 14.6. The predicted octanol–water partition coefficient (Wildman–Crippen LogP) is 4.48. The van der Waals surface area contributed by atoms with Gasteiger partial charge in [0.25, 0.3) is 5.69 Å². The molecular weight excluding hydrogens is 546 g/mol. The molecular formula is C28H36FN8O3P. The molecule has 13 heteroatoms. The van der Waals surface area contributed by atoms with Gasteiger partial charge in [0.05, 0.1) is 16.8 Å². The van der Waals surface area contributed by atoms with Crippen molar-refractivity contribution in [2.24, 2.45) is 0 Å². The summed E-state index contributed by atoms with van der Waals surface area (Å²) in [7, 11) is -0.489. The Morgan fingerprint density at radius 1 is 1.02 bits per heavy atom. The highest BCUT2D eigenvalue weighted by Gasteiger charge is 2.29. The zero-order valence-electron chi connectivity index (χ0n) is 23.6. The van der Waals surface area contributed by atoms with Crippen molar-refractivity contribution in [3.8, 4) is 0 Å². The largest absolute Gasteiger partial charge is 0.366 e. The van der Waals surface area contributed by atoms with Gasteiger partial charge < -0.3 is 25.0 Å². The van der Waals surface area contributed by atoms with Gasteiger partial charge in [0.15, 0.2) is 11.6 Å². The fourth-order valence-electron chi connectivity index (χ4n) is 5.49. The van der Waals surface area contributed by atoms with Gasteiger partial charge in [-0.1, -0.05) is 12.1 Å². The van der Waals surface area contributed by atoms with Crippen molar-refractivity contribution < 1.29 is 13.9 Å². The first-order chi connectivity index (χ1) is 19.6. The highest BCUT2D eigenvalue weighted by atomic mass is 31.2. The average Bonchev–Trinajstić information content (AvgIpc) is 2.95. The Kier molecular flexibility index (Phi) is 8.53. The molecule has 0 unspecified atom stereocenters. The Morgan fingerprint density at radius 2 is 1.73 bits per heavy atom. The van der Waals surface area contributed by atoms with E-state index < -0.39 is 13.0 Å². The number of piperazine rings is 1. The Balaban J connectivity index is 1.30. The van der Waals surface area contributed by atoms with E-state index in [0.29, 0.717) is 28.4 Å². The third-order valence-corrected chi connectivity index (χ3v) is 9.32. The molecule has 3 aromatic rings. The number of likely N-dealkylation sites (N-methyl/N-ethyl adjacent to an activating group) is 1. The lowest BCUT2D eigenvalue weighted by Gasteiger charge is -2.42. The van der Waals surface area contributed by atoms with E-state index in [9.17, 15) is 19.1 Å². The van der Waals surface area contributed by atoms with E-state index in [0.717, 1.165) is 58.3 Å². The van der Waals surface area contributed by atoms with E-state index in [2.05, 4.69) is 42.3 Å². The van der Waals surface area contributed by atoms with Crippen LogP contribution >= 0.6 is 7.14 Å². The summed E-state index contributed by atoms with van der Waals surface area (Å²) < 4.78 is 27.3. The summed E-state index contributed by atoms with van der Waals surface area (Å²) in [6.45, 7) is 9.07. The number of piperidine rings is 1. The minimum absolute atomic E-state index is 0.0101. The number of aromatic nitrogens is 2. The molecule has 0 atom stereocenters. The Labute approximate surface area is 239 Å². The smallest absolute Gasteiger partial charge is 0.294 e. The van der Waals surface area contributed by atoms with Gasteiger partial charge in [-0.05, 0) is 57.5 Å². The van der Waals surface area contributed by atoms with E-state index in [1.54, 1.807) is 49.7 Å². The summed E-state index contributed by atoms with van der Waals surface area (Å²) in [4.78, 5) is 26.9. The second kappa shape index (κ2) is 12.1. The summed E-state index contributed by atoms with van der Waals surface area (Å²) in [5, 5.41) is 18.5. The van der Waals surface area contributed by atoms with Gasteiger partial charge in [-0.3, -0.25) is 15.0 Å². The van der Waals surface area contributed by atoms with Gasteiger partial charge in [0.1, 0.15) is 12.8 Å². The van der Waals surface area contributed by atoms with Gasteiger partial charge in [-0.15, -0.1) is 0 Å². The van der Waals surface area contributed by atoms with Crippen LogP contribution in [0.2, 0.25) is 0 Å². The monoisotopic (exact) mass is 582 g/mol. The SMILES string of the molecule is CN1CCN(C2CCN(c3ccc(Nc4ncc(F)c(Nc5ccccc5P(C)(C)=O)n4)cc3[N+](=O)[O-])CC2)CC1. The summed E-state index contributed by atoms with van der Waals surface area (Å²) in [6.07, 6.45) is 2.95. The zero-order valence-corrected chi connectivity index (χ0v) is 24.5. The number of nitrogens with zero attached hydrogens (tertiary/aromatic N) is 6. The summed E-state index contributed by atoms with van der Waals surface area (Å²) >= 11 is 0. The normalized spacial score (nSPS) is 17.4. The number of benzene rings is 2. The highest BCUT2D eigenvalue weighted by molar-refractivity contribution is 7.70. The van der Waals surface area contributed by atoms with Gasteiger partial charge >= 0.3 is 0 Å². The number of nitro benzene ring substituents is 1. The van der Waals surface area contributed by atoms with Gasteiger partial charge in [0, 0.05) is 62.4 Å². The third kappa shape index (κ3) is 6.83. The number of para-hydroxylation sites is 1.